The fourth-order valence-corrected chi connectivity index (χ4v) is 4.29. The summed E-state index contributed by atoms with van der Waals surface area (Å²) in [5.41, 5.74) is -5.20. The van der Waals surface area contributed by atoms with Gasteiger partial charge in [-0.1, -0.05) is 0 Å². The van der Waals surface area contributed by atoms with Crippen molar-refractivity contribution in [1.29, 1.82) is 0 Å². The highest BCUT2D eigenvalue weighted by atomic mass is 127. The van der Waals surface area contributed by atoms with Gasteiger partial charge in [-0.2, -0.15) is 21.6 Å². The van der Waals surface area contributed by atoms with Crippen LogP contribution in [-0.4, -0.2) is 32.4 Å². The zero-order valence-corrected chi connectivity index (χ0v) is 19.3. The second kappa shape index (κ2) is 9.34. The van der Waals surface area contributed by atoms with Crippen LogP contribution < -0.4 is 4.72 Å². The van der Waals surface area contributed by atoms with Crippen molar-refractivity contribution in [2.45, 2.75) is 18.3 Å². The maximum atomic E-state index is 12.1. The van der Waals surface area contributed by atoms with Gasteiger partial charge in [-0.15, -0.1) is 0 Å². The first-order chi connectivity index (χ1) is 11.4. The molecule has 0 aromatic heterocycles. The van der Waals surface area contributed by atoms with Crippen LogP contribution in [0.4, 0.5) is 13.2 Å². The van der Waals surface area contributed by atoms with Gasteiger partial charge in [0.05, 0.1) is 12.2 Å². The third kappa shape index (κ3) is 6.64. The first-order valence-electron chi connectivity index (χ1n) is 6.29. The van der Waals surface area contributed by atoms with E-state index in [-0.39, 0.29) is 13.0 Å². The number of rotatable bonds is 6. The van der Waals surface area contributed by atoms with E-state index < -0.39 is 33.8 Å². The lowest BCUT2D eigenvalue weighted by Crippen LogP contribution is -2.40. The van der Waals surface area contributed by atoms with Gasteiger partial charge in [-0.3, -0.25) is 4.79 Å². The van der Waals surface area contributed by atoms with E-state index in [2.05, 4.69) is 22.6 Å². The molecule has 25 heavy (non-hydrogen) atoms. The van der Waals surface area contributed by atoms with E-state index in [1.54, 1.807) is 6.07 Å². The van der Waals surface area contributed by atoms with Crippen LogP contribution in [0.15, 0.2) is 12.1 Å². The predicted octanol–water partition coefficient (Wildman–Crippen LogP) is 3.40. The molecule has 13 heteroatoms. The standard InChI is InChI=1S/C12H9F3I3NO5S/c13-12(14,15)25(22,23)19-8(20)2-1-5-24-11(21)9-6(16)3-4-7(17)10(9)18/h3-4H,1-2,5H2,(H,19,20). The monoisotopic (exact) mass is 717 g/mol. The molecule has 1 rings (SSSR count). The molecule has 0 aliphatic rings. The molecule has 0 saturated heterocycles. The molecule has 1 amide bonds. The SMILES string of the molecule is O=C(CCCOC(=O)c1c(I)ccc(I)c1I)NS(=O)(=O)C(F)(F)F. The summed E-state index contributed by atoms with van der Waals surface area (Å²) >= 11 is 6.01. The lowest BCUT2D eigenvalue weighted by molar-refractivity contribution is -0.120. The quantitative estimate of drug-likeness (QED) is 0.211. The van der Waals surface area contributed by atoms with Gasteiger partial charge in [0, 0.05) is 17.1 Å². The van der Waals surface area contributed by atoms with E-state index in [1.165, 1.54) is 0 Å². The first kappa shape index (κ1) is 23.1. The molecule has 1 N–H and O–H groups in total. The fourth-order valence-electron chi connectivity index (χ4n) is 1.44. The van der Waals surface area contributed by atoms with Crippen LogP contribution in [-0.2, 0) is 19.6 Å². The van der Waals surface area contributed by atoms with Crippen LogP contribution in [0.3, 0.4) is 0 Å². The van der Waals surface area contributed by atoms with E-state index >= 15 is 0 Å². The maximum absolute atomic E-state index is 12.1. The molecular formula is C12H9F3I3NO5S. The van der Waals surface area contributed by atoms with Crippen molar-refractivity contribution in [3.05, 3.63) is 28.4 Å². The lowest BCUT2D eigenvalue weighted by Gasteiger charge is -2.10. The number of alkyl halides is 3. The molecule has 0 heterocycles. The molecule has 0 bridgehead atoms. The highest BCUT2D eigenvalue weighted by Gasteiger charge is 2.46. The van der Waals surface area contributed by atoms with Gasteiger partial charge in [0.1, 0.15) is 0 Å². The largest absolute Gasteiger partial charge is 0.516 e. The molecule has 1 aromatic carbocycles. The van der Waals surface area contributed by atoms with E-state index in [1.807, 2.05) is 51.2 Å². The van der Waals surface area contributed by atoms with Crippen molar-refractivity contribution in [2.75, 3.05) is 6.61 Å². The number of carbonyl (C=O) groups excluding carboxylic acids is 2. The normalized spacial score (nSPS) is 11.9. The third-order valence-corrected chi connectivity index (χ3v) is 7.64. The summed E-state index contributed by atoms with van der Waals surface area (Å²) in [6.07, 6.45) is -0.662. The molecule has 0 aliphatic carbocycles. The van der Waals surface area contributed by atoms with Gasteiger partial charge in [-0.25, -0.2) is 9.52 Å². The Kier molecular flexibility index (Phi) is 8.64. The van der Waals surface area contributed by atoms with Gasteiger partial charge in [0.25, 0.3) is 0 Å². The van der Waals surface area contributed by atoms with Crippen LogP contribution in [0.1, 0.15) is 23.2 Å². The molecule has 140 valence electrons. The summed E-state index contributed by atoms with van der Waals surface area (Å²) in [7, 11) is -5.72. The van der Waals surface area contributed by atoms with Gasteiger partial charge in [-0.05, 0) is 86.3 Å². The Morgan fingerprint density at radius 2 is 1.68 bits per heavy atom. The number of halogens is 6. The number of carbonyl (C=O) groups is 2. The molecule has 0 fully saturated rings. The fraction of sp³-hybridized carbons (Fsp3) is 0.333. The predicted molar refractivity (Wildman–Crippen MR) is 107 cm³/mol. The average molecular weight is 717 g/mol. The summed E-state index contributed by atoms with van der Waals surface area (Å²) < 4.78 is 65.9. The molecule has 0 spiro atoms. The van der Waals surface area contributed by atoms with E-state index in [4.69, 9.17) is 4.74 Å². The zero-order valence-electron chi connectivity index (χ0n) is 12.0. The van der Waals surface area contributed by atoms with Crippen molar-refractivity contribution >= 4 is 89.7 Å². The summed E-state index contributed by atoms with van der Waals surface area (Å²) in [4.78, 5) is 23.3. The van der Waals surface area contributed by atoms with Crippen LogP contribution in [0.25, 0.3) is 0 Å². The molecule has 0 atom stereocenters. The summed E-state index contributed by atoms with van der Waals surface area (Å²) in [5, 5.41) is 0. The Labute approximate surface area is 182 Å². The zero-order chi connectivity index (χ0) is 19.4. The number of sulfonamides is 1. The first-order valence-corrected chi connectivity index (χ1v) is 11.0. The topological polar surface area (TPSA) is 89.5 Å². The van der Waals surface area contributed by atoms with E-state index in [0.717, 1.165) is 8.29 Å². The third-order valence-electron chi connectivity index (χ3n) is 2.58. The number of hydrogen-bond donors (Lipinski definition) is 1. The summed E-state index contributed by atoms with van der Waals surface area (Å²) in [6.45, 7) is -0.240. The van der Waals surface area contributed by atoms with Crippen molar-refractivity contribution in [2.24, 2.45) is 0 Å². The van der Waals surface area contributed by atoms with Gasteiger partial charge < -0.3 is 4.74 Å². The second-order valence-electron chi connectivity index (χ2n) is 4.43. The highest BCUT2D eigenvalue weighted by molar-refractivity contribution is 14.1. The minimum absolute atomic E-state index is 0.123. The molecule has 0 aliphatic heterocycles. The number of amides is 1. The Morgan fingerprint density at radius 3 is 2.24 bits per heavy atom. The molecule has 0 unspecified atom stereocenters. The minimum atomic E-state index is -5.72. The van der Waals surface area contributed by atoms with Crippen LogP contribution in [0.2, 0.25) is 0 Å². The van der Waals surface area contributed by atoms with E-state index in [9.17, 15) is 31.2 Å². The summed E-state index contributed by atoms with van der Waals surface area (Å²) in [6, 6.07) is 3.56. The van der Waals surface area contributed by atoms with Gasteiger partial charge >= 0.3 is 21.5 Å². The molecule has 1 aromatic rings. The number of ether oxygens (including phenoxy) is 1. The summed E-state index contributed by atoms with van der Waals surface area (Å²) in [5.74, 6) is -1.96. The van der Waals surface area contributed by atoms with Crippen molar-refractivity contribution in [1.82, 2.24) is 4.72 Å². The molecule has 6 nitrogen and oxygen atoms in total. The average Bonchev–Trinajstić information content (AvgIpc) is 2.46. The lowest BCUT2D eigenvalue weighted by atomic mass is 10.2. The second-order valence-corrected chi connectivity index (χ2v) is 9.51. The Bertz CT molecular complexity index is 783. The van der Waals surface area contributed by atoms with Gasteiger partial charge in [0.15, 0.2) is 0 Å². The Balaban J connectivity index is 2.53. The molecule has 0 radical (unpaired) electrons. The van der Waals surface area contributed by atoms with Crippen molar-refractivity contribution < 1.29 is 35.9 Å². The number of esters is 1. The van der Waals surface area contributed by atoms with E-state index in [0.29, 0.717) is 12.7 Å². The Hall–Kier alpha value is 0.0900. The van der Waals surface area contributed by atoms with Crippen LogP contribution in [0, 0.1) is 10.7 Å². The molecular weight excluding hydrogens is 708 g/mol. The Morgan fingerprint density at radius 1 is 1.12 bits per heavy atom. The smallest absolute Gasteiger partial charge is 0.462 e. The highest BCUT2D eigenvalue weighted by Crippen LogP contribution is 2.25. The number of benzene rings is 1. The van der Waals surface area contributed by atoms with Crippen molar-refractivity contribution in [3.63, 3.8) is 0 Å². The molecule has 0 saturated carbocycles. The number of hydrogen-bond acceptors (Lipinski definition) is 5. The van der Waals surface area contributed by atoms with Crippen molar-refractivity contribution in [3.8, 4) is 0 Å². The minimum Gasteiger partial charge on any atom is -0.462 e. The van der Waals surface area contributed by atoms with Crippen LogP contribution in [0.5, 0.6) is 0 Å². The maximum Gasteiger partial charge on any atom is 0.516 e. The van der Waals surface area contributed by atoms with Crippen LogP contribution >= 0.6 is 67.8 Å². The van der Waals surface area contributed by atoms with Gasteiger partial charge in [0.2, 0.25) is 5.91 Å². The number of nitrogens with one attached hydrogen (secondary N) is 1.